The van der Waals surface area contributed by atoms with E-state index in [2.05, 4.69) is 4.98 Å². The lowest BCUT2D eigenvalue weighted by Crippen LogP contribution is -2.10. The first-order valence-corrected chi connectivity index (χ1v) is 22.9. The molecule has 0 unspecified atom stereocenters. The minimum Gasteiger partial charge on any atom is -0.203 e. The van der Waals surface area contributed by atoms with Crippen molar-refractivity contribution in [2.75, 3.05) is 0 Å². The summed E-state index contributed by atoms with van der Waals surface area (Å²) < 4.78 is 525. The molecule has 2 nitrogen and oxygen atoms in total. The van der Waals surface area contributed by atoms with Gasteiger partial charge in [-0.1, -0.05) is 18.2 Å². The van der Waals surface area contributed by atoms with Crippen molar-refractivity contribution in [2.24, 2.45) is 0 Å². The van der Waals surface area contributed by atoms with E-state index in [0.717, 1.165) is 0 Å². The van der Waals surface area contributed by atoms with E-state index in [-0.39, 0.29) is 0 Å². The molecule has 9 aromatic rings. The maximum absolute atomic E-state index is 13.4. The number of hydrogen-bond acceptors (Lipinski definition) is 1. The Bertz CT molecular complexity index is 3680. The molecule has 0 saturated heterocycles. The number of rotatable bonds is 4. The van der Waals surface area contributed by atoms with Crippen molar-refractivity contribution in [3.63, 3.8) is 0 Å². The van der Waals surface area contributed by atoms with Crippen LogP contribution in [-0.4, -0.2) is 0 Å². The summed E-state index contributed by atoms with van der Waals surface area (Å²) in [6, 6.07) is 8.94. The van der Waals surface area contributed by atoms with E-state index in [1.165, 1.54) is 0 Å². The predicted molar refractivity (Wildman–Crippen MR) is 237 cm³/mol. The zero-order chi connectivity index (χ0) is 73.5. The SMILES string of the molecule is Fc1c(F)c(F)c(-c2c(F)c(F)c(F)c(F)c2F)c(F)c1F.Fc1c(F)c(F)c(-c2c(F)c(F)c(F)c(F)c2F)c(F)c1F.Fc1c(F)c(F)c(-c2c(F)c(F)c(F)c(F)c2F)c(F)c1F.Fc1c(F)c(F)c(-c2c(F)c(F)c(F)c(F)c2F)c(F)c1F.N#[N+]c1ccccc1. The first-order chi connectivity index (χ1) is 44.4. The maximum Gasteiger partial charge on any atom is 0.385 e. The average molecular weight is 1440 g/mol. The Morgan fingerprint density at radius 3 is 0.292 bits per heavy atom. The fourth-order valence-corrected chi connectivity index (χ4v) is 7.09. The minimum absolute atomic E-state index is 0.590. The standard InChI is InChI=1S/4C12F10.C6H5N2/c4*13-3-1(4(14)8(18)11(21)7(3)17)2-5(15)9(19)12(22)10(20)6(2)16;7-8-6-4-2-1-3-5-6/h;;;;1-5H/q;;;;+1. The van der Waals surface area contributed by atoms with Gasteiger partial charge in [0.1, 0.15) is 0 Å². The van der Waals surface area contributed by atoms with Gasteiger partial charge in [0, 0.05) is 12.1 Å². The molecule has 0 atom stereocenters. The van der Waals surface area contributed by atoms with E-state index < -0.39 is 277 Å². The van der Waals surface area contributed by atoms with Crippen molar-refractivity contribution in [1.82, 2.24) is 0 Å². The Balaban J connectivity index is 0.000000222. The highest BCUT2D eigenvalue weighted by atomic mass is 19.2. The average Bonchev–Trinajstić information content (AvgIpc) is 0.773. The second kappa shape index (κ2) is 29.1. The number of halogens is 40. The molecule has 42 heteroatoms. The lowest BCUT2D eigenvalue weighted by atomic mass is 10.0. The molecule has 9 aromatic carbocycles. The lowest BCUT2D eigenvalue weighted by Gasteiger charge is -2.11. The molecular weight excluding hydrogens is 1440 g/mol. The first kappa shape index (κ1) is 76.3. The summed E-state index contributed by atoms with van der Waals surface area (Å²) >= 11 is 0. The molecular formula is C54H5F40N2+. The molecule has 0 aliphatic heterocycles. The van der Waals surface area contributed by atoms with E-state index >= 15 is 0 Å². The van der Waals surface area contributed by atoms with Crippen LogP contribution in [0.1, 0.15) is 0 Å². The number of hydrogen-bond donors (Lipinski definition) is 0. The Hall–Kier alpha value is -10.4. The number of nitrogens with zero attached hydrogens (tertiary/aromatic N) is 2. The highest BCUT2D eigenvalue weighted by molar-refractivity contribution is 5.70. The summed E-state index contributed by atoms with van der Waals surface area (Å²) in [6.45, 7) is 0. The lowest BCUT2D eigenvalue weighted by molar-refractivity contribution is 0.370. The van der Waals surface area contributed by atoms with Gasteiger partial charge in [0.15, 0.2) is 191 Å². The molecule has 0 heterocycles. The maximum atomic E-state index is 13.4. The minimum atomic E-state index is -2.68. The normalized spacial score (nSPS) is 10.9. The molecule has 0 radical (unpaired) electrons. The topological polar surface area (TPSA) is 28.1 Å². The Morgan fingerprint density at radius 2 is 0.219 bits per heavy atom. The highest BCUT2D eigenvalue weighted by Crippen LogP contribution is 2.42. The van der Waals surface area contributed by atoms with Gasteiger partial charge in [-0.3, -0.25) is 0 Å². The fourth-order valence-electron chi connectivity index (χ4n) is 7.09. The van der Waals surface area contributed by atoms with Crippen LogP contribution in [0.4, 0.5) is 181 Å². The van der Waals surface area contributed by atoms with E-state index in [1.54, 1.807) is 12.1 Å². The van der Waals surface area contributed by atoms with Gasteiger partial charge >= 0.3 is 5.69 Å². The Kier molecular flexibility index (Phi) is 23.1. The van der Waals surface area contributed by atoms with Crippen LogP contribution in [0.25, 0.3) is 49.5 Å². The zero-order valence-corrected chi connectivity index (χ0v) is 43.4. The van der Waals surface area contributed by atoms with Crippen LogP contribution in [-0.2, 0) is 0 Å². The second-order valence-electron chi connectivity index (χ2n) is 17.0. The van der Waals surface area contributed by atoms with Crippen LogP contribution in [0.3, 0.4) is 0 Å². The quantitative estimate of drug-likeness (QED) is 0.0747. The Labute approximate surface area is 498 Å². The molecule has 0 fully saturated rings. The van der Waals surface area contributed by atoms with Crippen molar-refractivity contribution in [2.45, 2.75) is 0 Å². The van der Waals surface area contributed by atoms with Gasteiger partial charge in [-0.05, 0) is 0 Å². The molecule has 0 spiro atoms. The summed E-state index contributed by atoms with van der Waals surface area (Å²) in [4.78, 5) is 2.97. The van der Waals surface area contributed by atoms with Crippen LogP contribution in [0.2, 0.25) is 0 Å². The van der Waals surface area contributed by atoms with E-state index in [4.69, 9.17) is 5.39 Å². The van der Waals surface area contributed by atoms with Crippen LogP contribution in [0.5, 0.6) is 0 Å². The summed E-state index contributed by atoms with van der Waals surface area (Å²) in [7, 11) is 0. The van der Waals surface area contributed by atoms with Crippen molar-refractivity contribution in [3.05, 3.63) is 268 Å². The van der Waals surface area contributed by atoms with Crippen LogP contribution >= 0.6 is 0 Å². The highest BCUT2D eigenvalue weighted by Gasteiger charge is 2.39. The molecule has 0 amide bonds. The van der Waals surface area contributed by atoms with E-state index in [0.29, 0.717) is 5.69 Å². The monoisotopic (exact) mass is 1440 g/mol. The summed E-state index contributed by atoms with van der Waals surface area (Å²) in [5, 5.41) is 8.16. The van der Waals surface area contributed by atoms with E-state index in [1.807, 2.05) is 18.2 Å². The van der Waals surface area contributed by atoms with Gasteiger partial charge < -0.3 is 0 Å². The molecule has 0 N–H and O–H groups in total. The van der Waals surface area contributed by atoms with Gasteiger partial charge in [0.2, 0.25) is 51.9 Å². The van der Waals surface area contributed by atoms with Gasteiger partial charge in [0.25, 0.3) is 0 Å². The van der Waals surface area contributed by atoms with Gasteiger partial charge in [0.05, 0.1) is 44.5 Å². The van der Waals surface area contributed by atoms with Gasteiger partial charge in [-0.15, -0.1) is 0 Å². The van der Waals surface area contributed by atoms with Crippen molar-refractivity contribution in [1.29, 1.82) is 5.39 Å². The molecule has 0 bridgehead atoms. The molecule has 0 aromatic heterocycles. The third kappa shape index (κ3) is 13.2. The van der Waals surface area contributed by atoms with Crippen molar-refractivity contribution >= 4 is 5.69 Å². The smallest absolute Gasteiger partial charge is 0.203 e. The molecule has 510 valence electrons. The Morgan fingerprint density at radius 1 is 0.135 bits per heavy atom. The fraction of sp³-hybridized carbons (Fsp3) is 0. The summed E-state index contributed by atoms with van der Waals surface area (Å²) in [5.74, 6) is -107. The second-order valence-corrected chi connectivity index (χ2v) is 17.0. The molecule has 0 aliphatic carbocycles. The largest absolute Gasteiger partial charge is 0.385 e. The van der Waals surface area contributed by atoms with Gasteiger partial charge in [-0.2, -0.15) is 0 Å². The summed E-state index contributed by atoms with van der Waals surface area (Å²) in [5.41, 5.74) is -17.5. The van der Waals surface area contributed by atoms with Crippen molar-refractivity contribution < 1.29 is 176 Å². The summed E-state index contributed by atoms with van der Waals surface area (Å²) in [6.07, 6.45) is 0. The zero-order valence-electron chi connectivity index (χ0n) is 43.4. The van der Waals surface area contributed by atoms with Crippen LogP contribution < -0.4 is 0 Å². The first-order valence-electron chi connectivity index (χ1n) is 22.9. The van der Waals surface area contributed by atoms with Crippen molar-refractivity contribution in [3.8, 4) is 44.5 Å². The predicted octanol–water partition coefficient (Wildman–Crippen LogP) is 21.1. The third-order valence-electron chi connectivity index (χ3n) is 11.6. The molecule has 96 heavy (non-hydrogen) atoms. The number of benzene rings is 9. The molecule has 9 rings (SSSR count). The van der Waals surface area contributed by atoms with Crippen LogP contribution in [0, 0.1) is 238 Å². The molecule has 0 saturated carbocycles. The van der Waals surface area contributed by atoms with E-state index in [9.17, 15) is 176 Å². The van der Waals surface area contributed by atoms with Crippen LogP contribution in [0.15, 0.2) is 30.3 Å². The molecule has 0 aliphatic rings. The number of diazo groups is 1. The van der Waals surface area contributed by atoms with Gasteiger partial charge in [-0.25, -0.2) is 176 Å². The third-order valence-corrected chi connectivity index (χ3v) is 11.6.